The first-order chi connectivity index (χ1) is 11.6. The number of guanidine groups is 1. The zero-order valence-electron chi connectivity index (χ0n) is 14.9. The lowest BCUT2D eigenvalue weighted by Gasteiger charge is -2.34. The van der Waals surface area contributed by atoms with Crippen molar-refractivity contribution in [3.05, 3.63) is 29.8 Å². The molecule has 3 N–H and O–H groups in total. The molecule has 1 aromatic rings. The number of para-hydroxylation sites is 1. The predicted molar refractivity (Wildman–Crippen MR) is 98.4 cm³/mol. The summed E-state index contributed by atoms with van der Waals surface area (Å²) in [7, 11) is 0. The number of hydrogen-bond acceptors (Lipinski definition) is 3. The van der Waals surface area contributed by atoms with E-state index in [0.717, 1.165) is 25.3 Å². The van der Waals surface area contributed by atoms with Gasteiger partial charge in [-0.1, -0.05) is 18.2 Å². The highest BCUT2D eigenvalue weighted by Crippen LogP contribution is 2.31. The summed E-state index contributed by atoms with van der Waals surface area (Å²) in [6.07, 6.45) is 3.43. The smallest absolute Gasteiger partial charge is 0.189 e. The van der Waals surface area contributed by atoms with Crippen molar-refractivity contribution in [3.63, 3.8) is 0 Å². The standard InChI is InChI=1S/C19H30N4O/c1-14(2)23-10-5-6-15(13-23)12-21-19(20)22-17-9-11-24-18-8-4-3-7-16(17)18/h3-4,7-8,14-15,17H,5-6,9-13H2,1-2H3,(H3,20,21,22). The zero-order chi connectivity index (χ0) is 16.9. The Balaban J connectivity index is 1.55. The molecule has 132 valence electrons. The zero-order valence-corrected chi connectivity index (χ0v) is 14.9. The summed E-state index contributed by atoms with van der Waals surface area (Å²) in [5.74, 6) is 2.12. The molecule has 5 nitrogen and oxygen atoms in total. The van der Waals surface area contributed by atoms with Crippen molar-refractivity contribution in [1.82, 2.24) is 10.2 Å². The van der Waals surface area contributed by atoms with E-state index in [2.05, 4.69) is 35.1 Å². The molecule has 0 aromatic heterocycles. The fraction of sp³-hybridized carbons (Fsp3) is 0.632. The fourth-order valence-corrected chi connectivity index (χ4v) is 3.66. The molecule has 24 heavy (non-hydrogen) atoms. The van der Waals surface area contributed by atoms with Gasteiger partial charge in [0.1, 0.15) is 5.75 Å². The molecule has 1 saturated heterocycles. The van der Waals surface area contributed by atoms with Crippen molar-refractivity contribution in [1.29, 1.82) is 0 Å². The number of rotatable bonds is 4. The molecule has 0 radical (unpaired) electrons. The van der Waals surface area contributed by atoms with Gasteiger partial charge in [-0.3, -0.25) is 4.99 Å². The number of ether oxygens (including phenoxy) is 1. The number of likely N-dealkylation sites (tertiary alicyclic amines) is 1. The maximum Gasteiger partial charge on any atom is 0.189 e. The first kappa shape index (κ1) is 17.1. The van der Waals surface area contributed by atoms with Crippen molar-refractivity contribution in [3.8, 4) is 5.75 Å². The maximum atomic E-state index is 6.16. The molecular weight excluding hydrogens is 300 g/mol. The quantitative estimate of drug-likeness (QED) is 0.658. The molecule has 1 fully saturated rings. The molecule has 2 atom stereocenters. The Bertz CT molecular complexity index is 572. The van der Waals surface area contributed by atoms with Gasteiger partial charge in [0.05, 0.1) is 12.6 Å². The molecule has 2 aliphatic heterocycles. The van der Waals surface area contributed by atoms with Gasteiger partial charge in [0.25, 0.3) is 0 Å². The van der Waals surface area contributed by atoms with E-state index in [9.17, 15) is 0 Å². The molecular formula is C19H30N4O. The van der Waals surface area contributed by atoms with Gasteiger partial charge in [-0.25, -0.2) is 0 Å². The second-order valence-corrected chi connectivity index (χ2v) is 7.19. The van der Waals surface area contributed by atoms with Crippen LogP contribution in [-0.2, 0) is 0 Å². The van der Waals surface area contributed by atoms with Crippen LogP contribution in [0.3, 0.4) is 0 Å². The lowest BCUT2D eigenvalue weighted by atomic mass is 9.97. The van der Waals surface area contributed by atoms with Crippen molar-refractivity contribution in [2.24, 2.45) is 16.6 Å². The highest BCUT2D eigenvalue weighted by atomic mass is 16.5. The van der Waals surface area contributed by atoms with Gasteiger partial charge in [0, 0.05) is 31.1 Å². The fourth-order valence-electron chi connectivity index (χ4n) is 3.66. The SMILES string of the molecule is CC(C)N1CCCC(CN=C(N)NC2CCOc3ccccc32)C1. The van der Waals surface area contributed by atoms with Crippen molar-refractivity contribution in [2.75, 3.05) is 26.2 Å². The van der Waals surface area contributed by atoms with Crippen molar-refractivity contribution >= 4 is 5.96 Å². The number of piperidine rings is 1. The van der Waals surface area contributed by atoms with Crippen LogP contribution in [-0.4, -0.2) is 43.1 Å². The van der Waals surface area contributed by atoms with Gasteiger partial charge in [-0.2, -0.15) is 0 Å². The molecule has 0 aliphatic carbocycles. The third-order valence-corrected chi connectivity index (χ3v) is 5.08. The van der Waals surface area contributed by atoms with Gasteiger partial charge in [0.2, 0.25) is 0 Å². The second-order valence-electron chi connectivity index (χ2n) is 7.19. The summed E-state index contributed by atoms with van der Waals surface area (Å²) in [5.41, 5.74) is 7.33. The summed E-state index contributed by atoms with van der Waals surface area (Å²) >= 11 is 0. The van der Waals surface area contributed by atoms with Crippen molar-refractivity contribution in [2.45, 2.75) is 45.2 Å². The molecule has 2 aliphatic rings. The number of nitrogens with two attached hydrogens (primary N) is 1. The van der Waals surface area contributed by atoms with E-state index < -0.39 is 0 Å². The van der Waals surface area contributed by atoms with Crippen LogP contribution in [0.5, 0.6) is 5.75 Å². The van der Waals surface area contributed by atoms with E-state index >= 15 is 0 Å². The van der Waals surface area contributed by atoms with Crippen LogP contribution in [0.2, 0.25) is 0 Å². The van der Waals surface area contributed by atoms with E-state index in [0.29, 0.717) is 24.5 Å². The number of aliphatic imine (C=N–C) groups is 1. The summed E-state index contributed by atoms with van der Waals surface area (Å²) in [4.78, 5) is 7.17. The highest BCUT2D eigenvalue weighted by molar-refractivity contribution is 5.78. The van der Waals surface area contributed by atoms with Crippen molar-refractivity contribution < 1.29 is 4.74 Å². The summed E-state index contributed by atoms with van der Waals surface area (Å²) < 4.78 is 5.70. The molecule has 0 amide bonds. The molecule has 5 heteroatoms. The van der Waals surface area contributed by atoms with E-state index in [1.54, 1.807) is 0 Å². The van der Waals surface area contributed by atoms with Gasteiger partial charge >= 0.3 is 0 Å². The van der Waals surface area contributed by atoms with Gasteiger partial charge in [0.15, 0.2) is 5.96 Å². The summed E-state index contributed by atoms with van der Waals surface area (Å²) in [5, 5.41) is 3.38. The van der Waals surface area contributed by atoms with Crippen LogP contribution < -0.4 is 15.8 Å². The minimum atomic E-state index is 0.192. The van der Waals surface area contributed by atoms with E-state index in [1.807, 2.05) is 18.2 Å². The molecule has 1 aromatic carbocycles. The molecule has 2 unspecified atom stereocenters. The molecule has 0 bridgehead atoms. The Morgan fingerprint density at radius 1 is 1.38 bits per heavy atom. The van der Waals surface area contributed by atoms with E-state index in [1.165, 1.54) is 24.9 Å². The monoisotopic (exact) mass is 330 g/mol. The Hall–Kier alpha value is -1.75. The number of nitrogens with zero attached hydrogens (tertiary/aromatic N) is 2. The van der Waals surface area contributed by atoms with E-state index in [4.69, 9.17) is 10.5 Å². The molecule has 3 rings (SSSR count). The Kier molecular flexibility index (Phi) is 5.61. The largest absolute Gasteiger partial charge is 0.493 e. The number of fused-ring (bicyclic) bond motifs is 1. The maximum absolute atomic E-state index is 6.16. The van der Waals surface area contributed by atoms with Crippen LogP contribution in [0, 0.1) is 5.92 Å². The lowest BCUT2D eigenvalue weighted by molar-refractivity contribution is 0.143. The van der Waals surface area contributed by atoms with Gasteiger partial charge in [-0.15, -0.1) is 0 Å². The van der Waals surface area contributed by atoms with Gasteiger partial charge in [-0.05, 0) is 45.2 Å². The average molecular weight is 330 g/mol. The summed E-state index contributed by atoms with van der Waals surface area (Å²) in [6, 6.07) is 8.96. The molecule has 2 heterocycles. The Morgan fingerprint density at radius 2 is 2.21 bits per heavy atom. The minimum absolute atomic E-state index is 0.192. The Labute approximate surface area is 145 Å². The van der Waals surface area contributed by atoms with Crippen LogP contribution in [0.25, 0.3) is 0 Å². The van der Waals surface area contributed by atoms with E-state index in [-0.39, 0.29) is 6.04 Å². The molecule has 0 saturated carbocycles. The first-order valence-corrected chi connectivity index (χ1v) is 9.15. The second kappa shape index (κ2) is 7.88. The highest BCUT2D eigenvalue weighted by Gasteiger charge is 2.23. The third-order valence-electron chi connectivity index (χ3n) is 5.08. The number of benzene rings is 1. The number of hydrogen-bond donors (Lipinski definition) is 2. The van der Waals surface area contributed by atoms with Crippen LogP contribution in [0.4, 0.5) is 0 Å². The normalized spacial score (nSPS) is 25.2. The van der Waals surface area contributed by atoms with Crippen LogP contribution in [0.15, 0.2) is 29.3 Å². The van der Waals surface area contributed by atoms with Crippen LogP contribution >= 0.6 is 0 Å². The minimum Gasteiger partial charge on any atom is -0.493 e. The number of nitrogens with one attached hydrogen (secondary N) is 1. The predicted octanol–water partition coefficient (Wildman–Crippen LogP) is 2.53. The average Bonchev–Trinajstić information content (AvgIpc) is 2.60. The summed E-state index contributed by atoms with van der Waals surface area (Å²) in [6.45, 7) is 8.41. The third kappa shape index (κ3) is 4.20. The first-order valence-electron chi connectivity index (χ1n) is 9.15. The lowest BCUT2D eigenvalue weighted by Crippen LogP contribution is -2.41. The molecule has 0 spiro atoms. The Morgan fingerprint density at radius 3 is 3.04 bits per heavy atom. The van der Waals surface area contributed by atoms with Gasteiger partial charge < -0.3 is 20.7 Å². The van der Waals surface area contributed by atoms with Crippen LogP contribution in [0.1, 0.15) is 44.7 Å². The topological polar surface area (TPSA) is 62.9 Å².